The lowest BCUT2D eigenvalue weighted by Crippen LogP contribution is -2.47. The molecule has 3 rings (SSSR count). The van der Waals surface area contributed by atoms with Gasteiger partial charge in [0.25, 0.3) is 5.91 Å². The summed E-state index contributed by atoms with van der Waals surface area (Å²) in [5.41, 5.74) is 16.1. The molecule has 0 heterocycles. The first kappa shape index (κ1) is 20.1. The zero-order valence-corrected chi connectivity index (χ0v) is 14.6. The smallest absolute Gasteiger partial charge is 0.250 e. The summed E-state index contributed by atoms with van der Waals surface area (Å²) >= 11 is 0. The standard InChI is InChI=1S/C10H18N2O2.C7H14N2O2/c11-8(5-6-1-2-6)9(13)10(14)12-7-3-4-7;8-5(3-4-1-2-4)6(10)7(9)11/h6-9,13H,1-5,11H2,(H,12,14);4-6,10H,1-3,8H2,(H2,9,11)/t8-,9?;5-,6?/m00/s1. The van der Waals surface area contributed by atoms with Crippen molar-refractivity contribution < 1.29 is 19.8 Å². The highest BCUT2D eigenvalue weighted by Crippen LogP contribution is 2.34. The van der Waals surface area contributed by atoms with E-state index in [1.165, 1.54) is 25.7 Å². The normalized spacial score (nSPS) is 24.3. The average molecular weight is 356 g/mol. The van der Waals surface area contributed by atoms with Crippen LogP contribution in [0.15, 0.2) is 0 Å². The fourth-order valence-electron chi connectivity index (χ4n) is 2.65. The zero-order chi connectivity index (χ0) is 18.6. The minimum atomic E-state index is -1.17. The van der Waals surface area contributed by atoms with Crippen LogP contribution in [0, 0.1) is 11.8 Å². The molecule has 3 aliphatic rings. The highest BCUT2D eigenvalue weighted by molar-refractivity contribution is 5.81. The third kappa shape index (κ3) is 7.68. The van der Waals surface area contributed by atoms with Crippen LogP contribution in [0.2, 0.25) is 0 Å². The van der Waals surface area contributed by atoms with E-state index in [1.54, 1.807) is 0 Å². The molecule has 0 aromatic rings. The molecule has 4 atom stereocenters. The van der Waals surface area contributed by atoms with Gasteiger partial charge in [0.15, 0.2) is 0 Å². The van der Waals surface area contributed by atoms with Crippen molar-refractivity contribution >= 4 is 11.8 Å². The van der Waals surface area contributed by atoms with Gasteiger partial charge >= 0.3 is 0 Å². The van der Waals surface area contributed by atoms with E-state index in [2.05, 4.69) is 5.32 Å². The lowest BCUT2D eigenvalue weighted by molar-refractivity contribution is -0.130. The molecule has 0 aliphatic heterocycles. The number of hydrogen-bond acceptors (Lipinski definition) is 6. The van der Waals surface area contributed by atoms with E-state index in [-0.39, 0.29) is 11.9 Å². The molecule has 0 aromatic carbocycles. The van der Waals surface area contributed by atoms with Gasteiger partial charge in [0.05, 0.1) is 0 Å². The second-order valence-corrected chi connectivity index (χ2v) is 7.76. The summed E-state index contributed by atoms with van der Waals surface area (Å²) in [6, 6.07) is -0.563. The van der Waals surface area contributed by atoms with Crippen molar-refractivity contribution in [3.05, 3.63) is 0 Å². The van der Waals surface area contributed by atoms with Crippen LogP contribution in [0.5, 0.6) is 0 Å². The third-order valence-electron chi connectivity index (χ3n) is 4.90. The first-order chi connectivity index (χ1) is 11.8. The quantitative estimate of drug-likeness (QED) is 0.301. The predicted octanol–water partition coefficient (Wildman–Crippen LogP) is -1.29. The van der Waals surface area contributed by atoms with Gasteiger partial charge < -0.3 is 32.7 Å². The fraction of sp³-hybridized carbons (Fsp3) is 0.882. The molecular weight excluding hydrogens is 324 g/mol. The Morgan fingerprint density at radius 2 is 1.32 bits per heavy atom. The van der Waals surface area contributed by atoms with Crippen molar-refractivity contribution in [2.45, 2.75) is 81.7 Å². The molecule has 0 saturated heterocycles. The van der Waals surface area contributed by atoms with E-state index in [0.29, 0.717) is 24.3 Å². The Labute approximate surface area is 148 Å². The maximum absolute atomic E-state index is 11.4. The zero-order valence-electron chi connectivity index (χ0n) is 14.6. The summed E-state index contributed by atoms with van der Waals surface area (Å²) < 4.78 is 0. The van der Waals surface area contributed by atoms with Crippen molar-refractivity contribution in [3.8, 4) is 0 Å². The molecule has 2 unspecified atom stereocenters. The van der Waals surface area contributed by atoms with Gasteiger partial charge in [-0.3, -0.25) is 9.59 Å². The van der Waals surface area contributed by atoms with Gasteiger partial charge in [-0.15, -0.1) is 0 Å². The Bertz CT molecular complexity index is 464. The number of carbonyl (C=O) groups excluding carboxylic acids is 2. The molecule has 0 spiro atoms. The van der Waals surface area contributed by atoms with Gasteiger partial charge in [-0.05, 0) is 37.5 Å². The van der Waals surface area contributed by atoms with E-state index < -0.39 is 24.2 Å². The molecule has 9 N–H and O–H groups in total. The minimum absolute atomic E-state index is 0.291. The molecule has 0 bridgehead atoms. The first-order valence-electron chi connectivity index (χ1n) is 9.25. The number of nitrogens with two attached hydrogens (primary N) is 3. The van der Waals surface area contributed by atoms with Crippen molar-refractivity contribution in [1.82, 2.24) is 5.32 Å². The Morgan fingerprint density at radius 3 is 1.68 bits per heavy atom. The molecule has 3 aliphatic carbocycles. The summed E-state index contributed by atoms with van der Waals surface area (Å²) in [5.74, 6) is 0.242. The number of amides is 2. The molecule has 144 valence electrons. The summed E-state index contributed by atoms with van der Waals surface area (Å²) in [5, 5.41) is 21.4. The van der Waals surface area contributed by atoms with Gasteiger partial charge in [0.1, 0.15) is 12.2 Å². The molecule has 3 fully saturated rings. The van der Waals surface area contributed by atoms with Crippen molar-refractivity contribution in [2.75, 3.05) is 0 Å². The largest absolute Gasteiger partial charge is 0.382 e. The molecule has 8 heteroatoms. The Balaban J connectivity index is 0.000000186. The molecule has 0 aromatic heterocycles. The highest BCUT2D eigenvalue weighted by Gasteiger charge is 2.33. The van der Waals surface area contributed by atoms with Gasteiger partial charge in [0.2, 0.25) is 5.91 Å². The summed E-state index contributed by atoms with van der Waals surface area (Å²) in [4.78, 5) is 21.8. The molecule has 25 heavy (non-hydrogen) atoms. The van der Waals surface area contributed by atoms with Crippen molar-refractivity contribution in [2.24, 2.45) is 29.0 Å². The number of aliphatic hydroxyl groups is 2. The first-order valence-corrected chi connectivity index (χ1v) is 9.25. The topological polar surface area (TPSA) is 165 Å². The maximum atomic E-state index is 11.4. The average Bonchev–Trinajstić information content (AvgIpc) is 3.37. The number of primary amides is 1. The molecule has 2 amide bonds. The van der Waals surface area contributed by atoms with Gasteiger partial charge in [-0.25, -0.2) is 0 Å². The van der Waals surface area contributed by atoms with Crippen LogP contribution < -0.4 is 22.5 Å². The van der Waals surface area contributed by atoms with Crippen LogP contribution in [0.4, 0.5) is 0 Å². The Morgan fingerprint density at radius 1 is 0.880 bits per heavy atom. The second-order valence-electron chi connectivity index (χ2n) is 7.76. The lowest BCUT2D eigenvalue weighted by Gasteiger charge is -2.17. The van der Waals surface area contributed by atoms with E-state index >= 15 is 0 Å². The number of rotatable bonds is 9. The Hall–Kier alpha value is -1.22. The van der Waals surface area contributed by atoms with Gasteiger partial charge in [-0.2, -0.15) is 0 Å². The maximum Gasteiger partial charge on any atom is 0.250 e. The summed E-state index contributed by atoms with van der Waals surface area (Å²) in [7, 11) is 0. The van der Waals surface area contributed by atoms with Crippen LogP contribution in [0.25, 0.3) is 0 Å². The van der Waals surface area contributed by atoms with E-state index in [9.17, 15) is 14.7 Å². The van der Waals surface area contributed by atoms with Gasteiger partial charge in [0, 0.05) is 18.1 Å². The summed E-state index contributed by atoms with van der Waals surface area (Å²) in [6.07, 6.45) is 6.11. The second kappa shape index (κ2) is 8.93. The fourth-order valence-corrected chi connectivity index (χ4v) is 2.65. The molecule has 3 saturated carbocycles. The number of carbonyl (C=O) groups is 2. The molecule has 8 nitrogen and oxygen atoms in total. The number of aliphatic hydroxyl groups excluding tert-OH is 2. The summed E-state index contributed by atoms with van der Waals surface area (Å²) in [6.45, 7) is 0. The number of nitrogens with one attached hydrogen (secondary N) is 1. The SMILES string of the molecule is NC(=O)C(O)[C@@H](N)CC1CC1.N[C@@H](CC1CC1)C(O)C(=O)NC1CC1. The van der Waals surface area contributed by atoms with E-state index in [1.807, 2.05) is 0 Å². The van der Waals surface area contributed by atoms with Crippen LogP contribution in [-0.4, -0.2) is 52.4 Å². The van der Waals surface area contributed by atoms with Crippen molar-refractivity contribution in [1.29, 1.82) is 0 Å². The van der Waals surface area contributed by atoms with Crippen LogP contribution in [0.1, 0.15) is 51.4 Å². The van der Waals surface area contributed by atoms with Crippen molar-refractivity contribution in [3.63, 3.8) is 0 Å². The van der Waals surface area contributed by atoms with Crippen LogP contribution in [-0.2, 0) is 9.59 Å². The van der Waals surface area contributed by atoms with Crippen LogP contribution in [0.3, 0.4) is 0 Å². The Kier molecular flexibility index (Phi) is 7.18. The lowest BCUT2D eigenvalue weighted by atomic mass is 10.0. The van der Waals surface area contributed by atoms with E-state index in [0.717, 1.165) is 19.3 Å². The highest BCUT2D eigenvalue weighted by atomic mass is 16.3. The van der Waals surface area contributed by atoms with Gasteiger partial charge in [-0.1, -0.05) is 25.7 Å². The van der Waals surface area contributed by atoms with Crippen LogP contribution >= 0.6 is 0 Å². The predicted molar refractivity (Wildman–Crippen MR) is 93.0 cm³/mol. The number of hydrogen-bond donors (Lipinski definition) is 6. The monoisotopic (exact) mass is 356 g/mol. The third-order valence-corrected chi connectivity index (χ3v) is 4.90. The molecular formula is C17H32N4O4. The van der Waals surface area contributed by atoms with E-state index in [4.69, 9.17) is 22.3 Å². The minimum Gasteiger partial charge on any atom is -0.382 e. The molecule has 0 radical (unpaired) electrons.